The molecule has 4 heteroatoms. The third-order valence-electron chi connectivity index (χ3n) is 4.75. The van der Waals surface area contributed by atoms with E-state index in [1.165, 1.54) is 5.57 Å². The van der Waals surface area contributed by atoms with Crippen molar-refractivity contribution in [3.8, 4) is 0 Å². The minimum Gasteiger partial charge on any atom is -0.497 e. The highest BCUT2D eigenvalue weighted by Crippen LogP contribution is 2.25. The SMILES string of the molecule is C=C\C(=C/C(C(=C)C)=C(NCCCCN(CC)C(C)=O)/C(=C/C=C(C)C)C(=C)C)OC. The van der Waals surface area contributed by atoms with Gasteiger partial charge in [0.25, 0.3) is 0 Å². The van der Waals surface area contributed by atoms with Gasteiger partial charge in [0, 0.05) is 43.4 Å². The Morgan fingerprint density at radius 3 is 2.10 bits per heavy atom. The number of nitrogens with one attached hydrogen (secondary N) is 1. The van der Waals surface area contributed by atoms with E-state index in [1.807, 2.05) is 31.7 Å². The van der Waals surface area contributed by atoms with E-state index in [9.17, 15) is 4.79 Å². The van der Waals surface area contributed by atoms with E-state index in [2.05, 4.69) is 51.1 Å². The predicted molar refractivity (Wildman–Crippen MR) is 135 cm³/mol. The van der Waals surface area contributed by atoms with Crippen LogP contribution in [0.15, 0.2) is 83.4 Å². The molecular formula is C27H42N2O2. The van der Waals surface area contributed by atoms with Crippen LogP contribution < -0.4 is 5.32 Å². The first-order chi connectivity index (χ1) is 14.6. The molecule has 0 bridgehead atoms. The Labute approximate surface area is 190 Å². The Morgan fingerprint density at radius 2 is 1.68 bits per heavy atom. The minimum atomic E-state index is 0.122. The lowest BCUT2D eigenvalue weighted by Crippen LogP contribution is -2.30. The van der Waals surface area contributed by atoms with Crippen LogP contribution >= 0.6 is 0 Å². The zero-order valence-corrected chi connectivity index (χ0v) is 20.7. The summed E-state index contributed by atoms with van der Waals surface area (Å²) < 4.78 is 5.42. The summed E-state index contributed by atoms with van der Waals surface area (Å²) in [6.07, 6.45) is 9.68. The normalized spacial score (nSPS) is 12.5. The van der Waals surface area contributed by atoms with Crippen molar-refractivity contribution >= 4 is 5.91 Å². The fraction of sp³-hybridized carbons (Fsp3) is 0.444. The molecule has 0 aromatic heterocycles. The molecule has 0 atom stereocenters. The van der Waals surface area contributed by atoms with Crippen molar-refractivity contribution in [2.45, 2.75) is 54.4 Å². The summed E-state index contributed by atoms with van der Waals surface area (Å²) in [5, 5.41) is 3.60. The van der Waals surface area contributed by atoms with Gasteiger partial charge in [0.15, 0.2) is 0 Å². The largest absolute Gasteiger partial charge is 0.497 e. The maximum absolute atomic E-state index is 11.6. The molecule has 0 spiro atoms. The van der Waals surface area contributed by atoms with Crippen LogP contribution in [-0.4, -0.2) is 37.6 Å². The second kappa shape index (κ2) is 15.1. The summed E-state index contributed by atoms with van der Waals surface area (Å²) in [5.74, 6) is 0.789. The number of rotatable bonds is 14. The van der Waals surface area contributed by atoms with E-state index in [4.69, 9.17) is 4.74 Å². The molecule has 1 N–H and O–H groups in total. The van der Waals surface area contributed by atoms with E-state index in [0.717, 1.165) is 60.5 Å². The number of hydrogen-bond donors (Lipinski definition) is 1. The molecule has 0 radical (unpaired) electrons. The molecule has 0 rings (SSSR count). The van der Waals surface area contributed by atoms with E-state index < -0.39 is 0 Å². The molecule has 1 amide bonds. The van der Waals surface area contributed by atoms with Crippen LogP contribution in [-0.2, 0) is 9.53 Å². The van der Waals surface area contributed by atoms with Crippen molar-refractivity contribution in [3.05, 3.63) is 83.4 Å². The summed E-state index contributed by atoms with van der Waals surface area (Å²) in [7, 11) is 1.63. The zero-order chi connectivity index (χ0) is 24.0. The number of allylic oxidation sites excluding steroid dienone is 8. The molecule has 0 aromatic rings. The molecule has 31 heavy (non-hydrogen) atoms. The molecule has 0 unspecified atom stereocenters. The first-order valence-electron chi connectivity index (χ1n) is 10.9. The van der Waals surface area contributed by atoms with Gasteiger partial charge in [0.05, 0.1) is 7.11 Å². The van der Waals surface area contributed by atoms with Crippen LogP contribution in [0.25, 0.3) is 0 Å². The summed E-state index contributed by atoms with van der Waals surface area (Å²) in [6, 6.07) is 0. The van der Waals surface area contributed by atoms with Gasteiger partial charge in [-0.1, -0.05) is 37.5 Å². The van der Waals surface area contributed by atoms with Crippen molar-refractivity contribution in [2.75, 3.05) is 26.7 Å². The molecule has 0 aliphatic heterocycles. The van der Waals surface area contributed by atoms with Crippen molar-refractivity contribution in [3.63, 3.8) is 0 Å². The van der Waals surface area contributed by atoms with E-state index in [1.54, 1.807) is 20.1 Å². The zero-order valence-electron chi connectivity index (χ0n) is 20.7. The number of nitrogens with zero attached hydrogens (tertiary/aromatic N) is 1. The molecule has 172 valence electrons. The maximum Gasteiger partial charge on any atom is 0.219 e. The number of amides is 1. The fourth-order valence-electron chi connectivity index (χ4n) is 2.96. The number of methoxy groups -OCH3 is 1. The maximum atomic E-state index is 11.6. The standard InChI is InChI=1S/C27H42N2O2/c1-11-24(31-10)19-26(22(7)8)27(25(21(5)6)16-15-20(3)4)28-17-13-14-18-29(12-2)23(9)30/h11,15-16,19,28H,1,5,7,12-14,17-18H2,2-4,6,8-10H3/b24-19+,25-16+,27-26+. The van der Waals surface area contributed by atoms with Crippen LogP contribution in [0.4, 0.5) is 0 Å². The Bertz CT molecular complexity index is 775. The number of unbranched alkanes of at least 4 members (excludes halogenated alkanes) is 1. The number of carbonyl (C=O) groups excluding carboxylic acids is 1. The number of carbonyl (C=O) groups is 1. The van der Waals surface area contributed by atoms with Gasteiger partial charge in [-0.05, 0) is 70.8 Å². The van der Waals surface area contributed by atoms with Gasteiger partial charge in [-0.2, -0.15) is 0 Å². The fourth-order valence-corrected chi connectivity index (χ4v) is 2.96. The lowest BCUT2D eigenvalue weighted by Gasteiger charge is -2.21. The first kappa shape index (κ1) is 28.2. The second-order valence-electron chi connectivity index (χ2n) is 7.86. The average Bonchev–Trinajstić information content (AvgIpc) is 2.69. The topological polar surface area (TPSA) is 41.6 Å². The summed E-state index contributed by atoms with van der Waals surface area (Å²) in [5.41, 5.74) is 6.02. The molecule has 0 heterocycles. The highest BCUT2D eigenvalue weighted by atomic mass is 16.5. The third-order valence-corrected chi connectivity index (χ3v) is 4.75. The molecule has 0 saturated heterocycles. The van der Waals surface area contributed by atoms with Crippen LogP contribution in [0.5, 0.6) is 0 Å². The minimum absolute atomic E-state index is 0.122. The van der Waals surface area contributed by atoms with Crippen LogP contribution in [0.1, 0.15) is 54.4 Å². The van der Waals surface area contributed by atoms with Crippen LogP contribution in [0, 0.1) is 0 Å². The third kappa shape index (κ3) is 10.7. The first-order valence-corrected chi connectivity index (χ1v) is 10.9. The quantitative estimate of drug-likeness (QED) is 0.203. The Hall–Kier alpha value is -2.75. The lowest BCUT2D eigenvalue weighted by atomic mass is 9.96. The number of hydrogen-bond acceptors (Lipinski definition) is 3. The van der Waals surface area contributed by atoms with Gasteiger partial charge >= 0.3 is 0 Å². The number of ether oxygens (including phenoxy) is 1. The Balaban J connectivity index is 6.01. The molecule has 0 saturated carbocycles. The van der Waals surface area contributed by atoms with Crippen LogP contribution in [0.2, 0.25) is 0 Å². The van der Waals surface area contributed by atoms with E-state index in [-0.39, 0.29) is 5.91 Å². The molecule has 4 nitrogen and oxygen atoms in total. The smallest absolute Gasteiger partial charge is 0.219 e. The molecule has 0 aromatic carbocycles. The molecule has 0 fully saturated rings. The second-order valence-corrected chi connectivity index (χ2v) is 7.86. The van der Waals surface area contributed by atoms with Gasteiger partial charge in [0.2, 0.25) is 5.91 Å². The Kier molecular flexibility index (Phi) is 13.8. The van der Waals surface area contributed by atoms with Crippen LogP contribution in [0.3, 0.4) is 0 Å². The van der Waals surface area contributed by atoms with Gasteiger partial charge < -0.3 is 15.0 Å². The molecule has 0 aliphatic carbocycles. The molecular weight excluding hydrogens is 384 g/mol. The predicted octanol–water partition coefficient (Wildman–Crippen LogP) is 6.24. The van der Waals surface area contributed by atoms with Gasteiger partial charge in [-0.25, -0.2) is 0 Å². The summed E-state index contributed by atoms with van der Waals surface area (Å²) >= 11 is 0. The van der Waals surface area contributed by atoms with Gasteiger partial charge in [-0.3, -0.25) is 4.79 Å². The van der Waals surface area contributed by atoms with E-state index in [0.29, 0.717) is 5.76 Å². The Morgan fingerprint density at radius 1 is 1.03 bits per heavy atom. The molecule has 0 aliphatic rings. The lowest BCUT2D eigenvalue weighted by molar-refractivity contribution is -0.128. The average molecular weight is 427 g/mol. The monoisotopic (exact) mass is 426 g/mol. The van der Waals surface area contributed by atoms with Crippen molar-refractivity contribution in [2.24, 2.45) is 0 Å². The van der Waals surface area contributed by atoms with Crippen molar-refractivity contribution in [1.82, 2.24) is 10.2 Å². The highest BCUT2D eigenvalue weighted by molar-refractivity contribution is 5.73. The van der Waals surface area contributed by atoms with Crippen molar-refractivity contribution in [1.29, 1.82) is 0 Å². The van der Waals surface area contributed by atoms with Gasteiger partial charge in [0.1, 0.15) is 5.76 Å². The summed E-state index contributed by atoms with van der Waals surface area (Å²) in [6.45, 7) is 26.2. The summed E-state index contributed by atoms with van der Waals surface area (Å²) in [4.78, 5) is 13.5. The van der Waals surface area contributed by atoms with Crippen molar-refractivity contribution < 1.29 is 9.53 Å². The van der Waals surface area contributed by atoms with Gasteiger partial charge in [-0.15, -0.1) is 0 Å². The highest BCUT2D eigenvalue weighted by Gasteiger charge is 2.13. The van der Waals surface area contributed by atoms with E-state index >= 15 is 0 Å².